The lowest BCUT2D eigenvalue weighted by Crippen LogP contribution is -2.41. The fraction of sp³-hybridized carbons (Fsp3) is 0.350. The Morgan fingerprint density at radius 3 is 2.73 bits per heavy atom. The number of fused-ring (bicyclic) bond motifs is 1. The van der Waals surface area contributed by atoms with E-state index in [-0.39, 0.29) is 17.6 Å². The molecule has 0 saturated carbocycles. The fourth-order valence-corrected chi connectivity index (χ4v) is 3.84. The predicted molar refractivity (Wildman–Crippen MR) is 105 cm³/mol. The summed E-state index contributed by atoms with van der Waals surface area (Å²) in [7, 11) is 1.63. The number of nitrogens with one attached hydrogen (secondary N) is 1. The number of benzene rings is 2. The third-order valence-electron chi connectivity index (χ3n) is 4.20. The van der Waals surface area contributed by atoms with E-state index in [4.69, 9.17) is 21.1 Å². The van der Waals surface area contributed by atoms with Crippen LogP contribution in [0.25, 0.3) is 0 Å². The fourth-order valence-electron chi connectivity index (χ4n) is 3.00. The van der Waals surface area contributed by atoms with Gasteiger partial charge in [-0.2, -0.15) is 0 Å². The molecule has 0 unspecified atom stereocenters. The van der Waals surface area contributed by atoms with Crippen molar-refractivity contribution in [2.75, 3.05) is 12.9 Å². The number of halogens is 1. The maximum Gasteiger partial charge on any atom is 0.230 e. The summed E-state index contributed by atoms with van der Waals surface area (Å²) < 4.78 is 11.3. The molecule has 0 radical (unpaired) electrons. The van der Waals surface area contributed by atoms with Gasteiger partial charge in [-0.1, -0.05) is 11.6 Å². The van der Waals surface area contributed by atoms with Crippen molar-refractivity contribution in [3.05, 3.63) is 53.1 Å². The van der Waals surface area contributed by atoms with Crippen LogP contribution >= 0.6 is 23.4 Å². The largest absolute Gasteiger partial charge is 0.497 e. The molecule has 0 aromatic heterocycles. The van der Waals surface area contributed by atoms with Crippen molar-refractivity contribution >= 4 is 29.3 Å². The molecule has 138 valence electrons. The van der Waals surface area contributed by atoms with Gasteiger partial charge in [0.25, 0.3) is 0 Å². The Bertz CT molecular complexity index is 792. The highest BCUT2D eigenvalue weighted by molar-refractivity contribution is 8.00. The van der Waals surface area contributed by atoms with E-state index in [1.54, 1.807) is 7.11 Å². The third kappa shape index (κ3) is 4.65. The lowest BCUT2D eigenvalue weighted by molar-refractivity contribution is -0.119. The van der Waals surface area contributed by atoms with Crippen molar-refractivity contribution in [3.63, 3.8) is 0 Å². The second-order valence-electron chi connectivity index (χ2n) is 6.83. The summed E-state index contributed by atoms with van der Waals surface area (Å²) in [4.78, 5) is 13.5. The lowest BCUT2D eigenvalue weighted by Gasteiger charge is -2.38. The van der Waals surface area contributed by atoms with E-state index in [0.29, 0.717) is 17.2 Å². The topological polar surface area (TPSA) is 47.6 Å². The van der Waals surface area contributed by atoms with Crippen molar-refractivity contribution in [2.45, 2.75) is 36.8 Å². The van der Waals surface area contributed by atoms with E-state index in [2.05, 4.69) is 5.32 Å². The molecule has 26 heavy (non-hydrogen) atoms. The van der Waals surface area contributed by atoms with Crippen LogP contribution in [-0.2, 0) is 4.79 Å². The molecule has 2 aromatic rings. The normalized spacial score (nSPS) is 17.8. The Morgan fingerprint density at radius 1 is 1.31 bits per heavy atom. The maximum atomic E-state index is 12.5. The molecule has 0 spiro atoms. The number of methoxy groups -OCH3 is 1. The molecule has 6 heteroatoms. The quantitative estimate of drug-likeness (QED) is 0.739. The number of hydrogen-bond donors (Lipinski definition) is 1. The Labute approximate surface area is 163 Å². The van der Waals surface area contributed by atoms with Crippen LogP contribution in [0.15, 0.2) is 47.4 Å². The van der Waals surface area contributed by atoms with Crippen LogP contribution in [0, 0.1) is 0 Å². The number of ether oxygens (including phenoxy) is 2. The Kier molecular flexibility index (Phi) is 5.68. The van der Waals surface area contributed by atoms with Crippen molar-refractivity contribution in [1.29, 1.82) is 0 Å². The van der Waals surface area contributed by atoms with Gasteiger partial charge in [0.15, 0.2) is 0 Å². The summed E-state index contributed by atoms with van der Waals surface area (Å²) >= 11 is 7.38. The number of rotatable bonds is 5. The van der Waals surface area contributed by atoms with Crippen LogP contribution in [0.1, 0.15) is 31.9 Å². The summed E-state index contributed by atoms with van der Waals surface area (Å²) in [5, 5.41) is 3.83. The minimum Gasteiger partial charge on any atom is -0.497 e. The van der Waals surface area contributed by atoms with Crippen LogP contribution in [0.5, 0.6) is 11.5 Å². The van der Waals surface area contributed by atoms with Crippen molar-refractivity contribution < 1.29 is 14.3 Å². The number of carbonyl (C=O) groups is 1. The van der Waals surface area contributed by atoms with Gasteiger partial charge < -0.3 is 14.8 Å². The molecular formula is C20H22ClNO3S. The van der Waals surface area contributed by atoms with Gasteiger partial charge in [0.05, 0.1) is 18.9 Å². The standard InChI is InChI=1S/C20H22ClNO3S/c1-20(2)11-17(16-9-6-14(24-3)10-18(16)25-20)22-19(23)12-26-15-7-4-13(21)5-8-15/h4-10,17H,11-12H2,1-3H3,(H,22,23)/t17-/m1/s1. The molecule has 3 rings (SSSR count). The third-order valence-corrected chi connectivity index (χ3v) is 5.46. The van der Waals surface area contributed by atoms with E-state index in [9.17, 15) is 4.79 Å². The van der Waals surface area contributed by atoms with Crippen molar-refractivity contribution in [3.8, 4) is 11.5 Å². The molecule has 2 aromatic carbocycles. The molecule has 1 aliphatic rings. The highest BCUT2D eigenvalue weighted by Crippen LogP contribution is 2.41. The molecule has 4 nitrogen and oxygen atoms in total. The summed E-state index contributed by atoms with van der Waals surface area (Å²) in [6, 6.07) is 13.1. The van der Waals surface area contributed by atoms with Crippen LogP contribution in [0.4, 0.5) is 0 Å². The van der Waals surface area contributed by atoms with Gasteiger partial charge in [-0.05, 0) is 50.2 Å². The molecule has 0 bridgehead atoms. The molecule has 1 N–H and O–H groups in total. The number of hydrogen-bond acceptors (Lipinski definition) is 4. The lowest BCUT2D eigenvalue weighted by atomic mass is 9.89. The zero-order valence-electron chi connectivity index (χ0n) is 15.0. The van der Waals surface area contributed by atoms with Crippen LogP contribution in [0.3, 0.4) is 0 Å². The van der Waals surface area contributed by atoms with Gasteiger partial charge in [-0.25, -0.2) is 0 Å². The van der Waals surface area contributed by atoms with E-state index in [1.165, 1.54) is 11.8 Å². The van der Waals surface area contributed by atoms with Crippen LogP contribution in [0.2, 0.25) is 5.02 Å². The minimum absolute atomic E-state index is 0.00517. The first-order chi connectivity index (χ1) is 12.4. The molecule has 0 aliphatic carbocycles. The van der Waals surface area contributed by atoms with Gasteiger partial charge in [0, 0.05) is 28.0 Å². The first-order valence-corrected chi connectivity index (χ1v) is 9.77. The zero-order valence-corrected chi connectivity index (χ0v) is 16.6. The second kappa shape index (κ2) is 7.80. The van der Waals surface area contributed by atoms with Gasteiger partial charge >= 0.3 is 0 Å². The van der Waals surface area contributed by atoms with E-state index < -0.39 is 0 Å². The average Bonchev–Trinajstić information content (AvgIpc) is 2.59. The highest BCUT2D eigenvalue weighted by Gasteiger charge is 2.34. The van der Waals surface area contributed by atoms with Crippen molar-refractivity contribution in [2.24, 2.45) is 0 Å². The molecule has 0 saturated heterocycles. The molecule has 1 atom stereocenters. The Hall–Kier alpha value is -1.85. The SMILES string of the molecule is COc1ccc2c(c1)OC(C)(C)C[C@H]2NC(=O)CSc1ccc(Cl)cc1. The van der Waals surface area contributed by atoms with E-state index in [0.717, 1.165) is 22.0 Å². The second-order valence-corrected chi connectivity index (χ2v) is 8.32. The summed E-state index contributed by atoms with van der Waals surface area (Å²) in [5.74, 6) is 1.85. The first-order valence-electron chi connectivity index (χ1n) is 8.41. The predicted octanol–water partition coefficient (Wildman–Crippen LogP) is 4.86. The van der Waals surface area contributed by atoms with Crippen LogP contribution < -0.4 is 14.8 Å². The molecule has 0 fully saturated rings. The van der Waals surface area contributed by atoms with E-state index >= 15 is 0 Å². The summed E-state index contributed by atoms with van der Waals surface area (Å²) in [6.45, 7) is 4.05. The zero-order chi connectivity index (χ0) is 18.7. The number of thioether (sulfide) groups is 1. The number of carbonyl (C=O) groups excluding carboxylic acids is 1. The van der Waals surface area contributed by atoms with Gasteiger partial charge in [0.2, 0.25) is 5.91 Å². The summed E-state index contributed by atoms with van der Waals surface area (Å²) in [5.41, 5.74) is 0.621. The Balaban J connectivity index is 1.68. The highest BCUT2D eigenvalue weighted by atomic mass is 35.5. The maximum absolute atomic E-state index is 12.5. The minimum atomic E-state index is -0.360. The van der Waals surface area contributed by atoms with Crippen molar-refractivity contribution in [1.82, 2.24) is 5.32 Å². The molecule has 1 amide bonds. The Morgan fingerprint density at radius 2 is 2.04 bits per heavy atom. The summed E-state index contributed by atoms with van der Waals surface area (Å²) in [6.07, 6.45) is 0.712. The number of amides is 1. The smallest absolute Gasteiger partial charge is 0.230 e. The first kappa shape index (κ1) is 18.9. The van der Waals surface area contributed by atoms with Gasteiger partial charge in [-0.15, -0.1) is 11.8 Å². The molecule has 1 aliphatic heterocycles. The van der Waals surface area contributed by atoms with Gasteiger partial charge in [0.1, 0.15) is 17.1 Å². The van der Waals surface area contributed by atoms with Gasteiger partial charge in [-0.3, -0.25) is 4.79 Å². The average molecular weight is 392 g/mol. The monoisotopic (exact) mass is 391 g/mol. The molecular weight excluding hydrogens is 370 g/mol. The van der Waals surface area contributed by atoms with E-state index in [1.807, 2.05) is 56.3 Å². The molecule has 1 heterocycles. The van der Waals surface area contributed by atoms with Crippen LogP contribution in [-0.4, -0.2) is 24.4 Å².